The highest BCUT2D eigenvalue weighted by Crippen LogP contribution is 2.39. The maximum atomic E-state index is 6.45. The topological polar surface area (TPSA) is 17.4 Å². The molecular formula is C17H23BrCl2N2OSi. The maximum absolute atomic E-state index is 6.45. The van der Waals surface area contributed by atoms with Gasteiger partial charge in [0.05, 0.1) is 22.3 Å². The van der Waals surface area contributed by atoms with Gasteiger partial charge in [-0.05, 0) is 18.2 Å². The van der Waals surface area contributed by atoms with Crippen molar-refractivity contribution in [1.82, 2.24) is 9.47 Å². The van der Waals surface area contributed by atoms with E-state index < -0.39 is 8.07 Å². The fourth-order valence-electron chi connectivity index (χ4n) is 3.00. The molecule has 2 aromatic rings. The number of fused-ring (bicyclic) bond motifs is 3. The van der Waals surface area contributed by atoms with Gasteiger partial charge in [-0.2, -0.15) is 0 Å². The minimum absolute atomic E-state index is 0.592. The normalized spacial score (nSPS) is 15.9. The predicted molar refractivity (Wildman–Crippen MR) is 109 cm³/mol. The molecule has 1 aromatic heterocycles. The minimum atomic E-state index is -1.02. The zero-order chi connectivity index (χ0) is 17.5. The first-order chi connectivity index (χ1) is 11.3. The monoisotopic (exact) mass is 448 g/mol. The van der Waals surface area contributed by atoms with Crippen LogP contribution in [0.3, 0.4) is 0 Å². The van der Waals surface area contributed by atoms with E-state index in [0.717, 1.165) is 41.6 Å². The van der Waals surface area contributed by atoms with Crippen LogP contribution in [-0.4, -0.2) is 37.4 Å². The molecule has 1 aliphatic rings. The number of hydrogen-bond donors (Lipinski definition) is 0. The summed E-state index contributed by atoms with van der Waals surface area (Å²) >= 11 is 16.3. The van der Waals surface area contributed by atoms with E-state index in [-0.39, 0.29) is 0 Å². The molecule has 0 aliphatic carbocycles. The Bertz CT molecular complexity index is 757. The average Bonchev–Trinajstić information content (AvgIpc) is 2.88. The zero-order valence-electron chi connectivity index (χ0n) is 14.3. The largest absolute Gasteiger partial charge is 0.366 e. The highest BCUT2D eigenvalue weighted by Gasteiger charge is 2.22. The summed E-state index contributed by atoms with van der Waals surface area (Å²) in [6.45, 7) is 11.4. The van der Waals surface area contributed by atoms with Crippen molar-refractivity contribution in [3.8, 4) is 0 Å². The average molecular weight is 450 g/mol. The Hall–Kier alpha value is -0.0431. The molecule has 1 aromatic carbocycles. The number of aromatic nitrogens is 1. The van der Waals surface area contributed by atoms with E-state index in [2.05, 4.69) is 51.1 Å². The van der Waals surface area contributed by atoms with E-state index in [0.29, 0.717) is 16.8 Å². The lowest BCUT2D eigenvalue weighted by molar-refractivity contribution is 0.0210. The fraction of sp³-hybridized carbons (Fsp3) is 0.529. The Morgan fingerprint density at radius 3 is 2.67 bits per heavy atom. The first-order valence-corrected chi connectivity index (χ1v) is 13.5. The molecular weight excluding hydrogens is 427 g/mol. The van der Waals surface area contributed by atoms with Crippen LogP contribution in [0.25, 0.3) is 10.9 Å². The van der Waals surface area contributed by atoms with Gasteiger partial charge in [-0.1, -0.05) is 58.8 Å². The van der Waals surface area contributed by atoms with Gasteiger partial charge in [0, 0.05) is 49.9 Å². The van der Waals surface area contributed by atoms with Crippen LogP contribution < -0.4 is 0 Å². The van der Waals surface area contributed by atoms with Gasteiger partial charge in [0.25, 0.3) is 0 Å². The third kappa shape index (κ3) is 4.02. The first kappa shape index (κ1) is 18.7. The van der Waals surface area contributed by atoms with Crippen LogP contribution >= 0.6 is 39.1 Å². The van der Waals surface area contributed by atoms with Crippen molar-refractivity contribution < 1.29 is 4.74 Å². The van der Waals surface area contributed by atoms with Crippen LogP contribution in [0.4, 0.5) is 0 Å². The van der Waals surface area contributed by atoms with Gasteiger partial charge in [0.15, 0.2) is 0 Å². The maximum Gasteiger partial charge on any atom is 0.0994 e. The number of benzene rings is 1. The van der Waals surface area contributed by atoms with E-state index in [4.69, 9.17) is 27.9 Å². The summed E-state index contributed by atoms with van der Waals surface area (Å²) in [6.07, 6.45) is 0. The number of nitrogens with zero attached hydrogens (tertiary/aromatic N) is 2. The van der Waals surface area contributed by atoms with Crippen molar-refractivity contribution in [3.63, 3.8) is 0 Å². The molecule has 3 rings (SSSR count). The van der Waals surface area contributed by atoms with Crippen LogP contribution in [-0.2, 0) is 17.8 Å². The van der Waals surface area contributed by atoms with Crippen LogP contribution in [0.5, 0.6) is 0 Å². The standard InChI is InChI=1S/C17H23BrCl2N2OSi/c1-24(2,3)7-6-23-11-21-4-5-22-12(10-21)8-13-14(18)9-15(19)16(20)17(13)22/h8-9H,4-7,10-11H2,1-3H3. The summed E-state index contributed by atoms with van der Waals surface area (Å²) in [4.78, 5) is 2.35. The Morgan fingerprint density at radius 1 is 1.21 bits per heavy atom. The molecule has 0 saturated carbocycles. The molecule has 0 radical (unpaired) electrons. The number of rotatable bonds is 5. The van der Waals surface area contributed by atoms with Gasteiger partial charge in [-0.25, -0.2) is 0 Å². The Morgan fingerprint density at radius 2 is 1.96 bits per heavy atom. The van der Waals surface area contributed by atoms with E-state index in [1.54, 1.807) is 0 Å². The lowest BCUT2D eigenvalue weighted by Gasteiger charge is -2.29. The number of hydrogen-bond acceptors (Lipinski definition) is 2. The molecule has 0 spiro atoms. The van der Waals surface area contributed by atoms with Gasteiger partial charge in [-0.15, -0.1) is 0 Å². The molecule has 0 atom stereocenters. The second-order valence-corrected chi connectivity index (χ2v) is 14.9. The first-order valence-electron chi connectivity index (χ1n) is 8.22. The lowest BCUT2D eigenvalue weighted by atomic mass is 10.2. The van der Waals surface area contributed by atoms with Crippen molar-refractivity contribution in [2.45, 2.75) is 38.8 Å². The van der Waals surface area contributed by atoms with Gasteiger partial charge in [-0.3, -0.25) is 4.90 Å². The smallest absolute Gasteiger partial charge is 0.0994 e. The second-order valence-electron chi connectivity index (χ2n) is 7.60. The van der Waals surface area contributed by atoms with E-state index in [9.17, 15) is 0 Å². The highest BCUT2D eigenvalue weighted by molar-refractivity contribution is 9.10. The minimum Gasteiger partial charge on any atom is -0.366 e. The van der Waals surface area contributed by atoms with Gasteiger partial charge >= 0.3 is 0 Å². The van der Waals surface area contributed by atoms with Crippen LogP contribution in [0.2, 0.25) is 35.7 Å². The molecule has 0 bridgehead atoms. The fourth-order valence-corrected chi connectivity index (χ4v) is 4.88. The number of halogens is 3. The number of ether oxygens (including phenoxy) is 1. The molecule has 0 N–H and O–H groups in total. The lowest BCUT2D eigenvalue weighted by Crippen LogP contribution is -2.35. The van der Waals surface area contributed by atoms with Crippen molar-refractivity contribution in [1.29, 1.82) is 0 Å². The molecule has 24 heavy (non-hydrogen) atoms. The molecule has 0 unspecified atom stereocenters. The Kier molecular flexibility index (Phi) is 5.69. The summed E-state index contributed by atoms with van der Waals surface area (Å²) < 4.78 is 9.18. The quantitative estimate of drug-likeness (QED) is 0.324. The van der Waals surface area contributed by atoms with Crippen molar-refractivity contribution in [2.75, 3.05) is 19.9 Å². The SMILES string of the molecule is C[Si](C)(C)CCOCN1CCn2c(cc3c(Br)cc(Cl)c(Cl)c32)C1. The van der Waals surface area contributed by atoms with Gasteiger partial charge < -0.3 is 9.30 Å². The molecule has 3 nitrogen and oxygen atoms in total. The van der Waals surface area contributed by atoms with E-state index >= 15 is 0 Å². The molecule has 132 valence electrons. The summed E-state index contributed by atoms with van der Waals surface area (Å²) in [5.74, 6) is 0. The molecule has 0 fully saturated rings. The van der Waals surface area contributed by atoms with E-state index in [1.807, 2.05) is 6.07 Å². The van der Waals surface area contributed by atoms with Crippen LogP contribution in [0, 0.1) is 0 Å². The van der Waals surface area contributed by atoms with Gasteiger partial charge in [0.1, 0.15) is 0 Å². The Balaban J connectivity index is 1.72. The molecule has 7 heteroatoms. The second kappa shape index (κ2) is 7.29. The summed E-state index contributed by atoms with van der Waals surface area (Å²) in [5.41, 5.74) is 2.29. The Labute approximate surface area is 163 Å². The third-order valence-corrected chi connectivity index (χ3v) is 7.54. The molecule has 1 aliphatic heterocycles. The molecule has 0 saturated heterocycles. The zero-order valence-corrected chi connectivity index (χ0v) is 18.4. The summed E-state index contributed by atoms with van der Waals surface area (Å²) in [7, 11) is -1.02. The predicted octanol–water partition coefficient (Wildman–Crippen LogP) is 5.84. The summed E-state index contributed by atoms with van der Waals surface area (Å²) in [5, 5.41) is 2.36. The van der Waals surface area contributed by atoms with Crippen LogP contribution in [0.15, 0.2) is 16.6 Å². The van der Waals surface area contributed by atoms with Crippen molar-refractivity contribution in [3.05, 3.63) is 32.3 Å². The van der Waals surface area contributed by atoms with Gasteiger partial charge in [0.2, 0.25) is 0 Å². The third-order valence-electron chi connectivity index (χ3n) is 4.41. The van der Waals surface area contributed by atoms with E-state index in [1.165, 1.54) is 11.7 Å². The van der Waals surface area contributed by atoms with Crippen molar-refractivity contribution in [2.24, 2.45) is 0 Å². The van der Waals surface area contributed by atoms with Crippen LogP contribution in [0.1, 0.15) is 5.69 Å². The molecule has 2 heterocycles. The van der Waals surface area contributed by atoms with Crippen molar-refractivity contribution >= 4 is 58.1 Å². The summed E-state index contributed by atoms with van der Waals surface area (Å²) in [6, 6.07) is 5.29. The molecule has 0 amide bonds. The highest BCUT2D eigenvalue weighted by atomic mass is 79.9.